The first-order chi connectivity index (χ1) is 11.5. The van der Waals surface area contributed by atoms with Crippen LogP contribution in [0.4, 0.5) is 5.69 Å². The van der Waals surface area contributed by atoms with Gasteiger partial charge in [-0.25, -0.2) is 0 Å². The number of nitrogens with one attached hydrogen (secondary N) is 1. The van der Waals surface area contributed by atoms with E-state index in [9.17, 15) is 4.79 Å². The molecule has 2 aromatic carbocycles. The van der Waals surface area contributed by atoms with Crippen molar-refractivity contribution in [1.82, 2.24) is 10.1 Å². The van der Waals surface area contributed by atoms with Gasteiger partial charge in [0.2, 0.25) is 5.91 Å². The molecule has 0 atom stereocenters. The van der Waals surface area contributed by atoms with Crippen molar-refractivity contribution in [1.29, 1.82) is 0 Å². The van der Waals surface area contributed by atoms with Crippen molar-refractivity contribution in [3.63, 3.8) is 0 Å². The van der Waals surface area contributed by atoms with Gasteiger partial charge in [-0.1, -0.05) is 40.5 Å². The third kappa shape index (κ3) is 3.81. The van der Waals surface area contributed by atoms with Gasteiger partial charge in [0.1, 0.15) is 0 Å². The van der Waals surface area contributed by atoms with E-state index in [1.54, 1.807) is 12.1 Å². The fourth-order valence-electron chi connectivity index (χ4n) is 2.29. The lowest BCUT2D eigenvalue weighted by Crippen LogP contribution is -2.15. The largest absolute Gasteiger partial charge is 0.334 e. The van der Waals surface area contributed by atoms with Gasteiger partial charge in [-0.3, -0.25) is 4.79 Å². The third-order valence-electron chi connectivity index (χ3n) is 3.53. The minimum atomic E-state index is -0.225. The van der Waals surface area contributed by atoms with Gasteiger partial charge in [0.05, 0.1) is 6.42 Å². The Morgan fingerprint density at radius 3 is 2.83 bits per heavy atom. The first-order valence-electron chi connectivity index (χ1n) is 7.47. The van der Waals surface area contributed by atoms with Crippen molar-refractivity contribution in [2.45, 2.75) is 20.3 Å². The standard InChI is InChI=1S/C18H16ClN3O2/c1-11-4-3-5-13(8-11)18-21-16(22-24-18)10-17(23)20-15-9-14(19)7-6-12(15)2/h3-9H,10H2,1-2H3,(H,20,23). The van der Waals surface area contributed by atoms with Gasteiger partial charge < -0.3 is 9.84 Å². The van der Waals surface area contributed by atoms with Crippen LogP contribution in [0.1, 0.15) is 17.0 Å². The number of rotatable bonds is 4. The van der Waals surface area contributed by atoms with Gasteiger partial charge in [-0.2, -0.15) is 4.98 Å². The van der Waals surface area contributed by atoms with Crippen LogP contribution in [-0.2, 0) is 11.2 Å². The lowest BCUT2D eigenvalue weighted by molar-refractivity contribution is -0.115. The van der Waals surface area contributed by atoms with Crippen LogP contribution in [0.5, 0.6) is 0 Å². The number of halogens is 1. The first kappa shape index (κ1) is 16.2. The van der Waals surface area contributed by atoms with E-state index < -0.39 is 0 Å². The molecular weight excluding hydrogens is 326 g/mol. The fourth-order valence-corrected chi connectivity index (χ4v) is 2.46. The Labute approximate surface area is 144 Å². The molecule has 6 heteroatoms. The molecule has 0 unspecified atom stereocenters. The zero-order chi connectivity index (χ0) is 17.1. The summed E-state index contributed by atoms with van der Waals surface area (Å²) >= 11 is 5.95. The summed E-state index contributed by atoms with van der Waals surface area (Å²) in [5.41, 5.74) is 3.54. The monoisotopic (exact) mass is 341 g/mol. The molecule has 122 valence electrons. The highest BCUT2D eigenvalue weighted by atomic mass is 35.5. The van der Waals surface area contributed by atoms with E-state index in [0.29, 0.717) is 22.4 Å². The first-order valence-corrected chi connectivity index (χ1v) is 7.85. The molecule has 1 heterocycles. The molecule has 0 saturated carbocycles. The summed E-state index contributed by atoms with van der Waals surface area (Å²) in [7, 11) is 0. The van der Waals surface area contributed by atoms with Crippen LogP contribution < -0.4 is 5.32 Å². The fraction of sp³-hybridized carbons (Fsp3) is 0.167. The van der Waals surface area contributed by atoms with E-state index in [-0.39, 0.29) is 12.3 Å². The summed E-state index contributed by atoms with van der Waals surface area (Å²) in [6, 6.07) is 13.1. The third-order valence-corrected chi connectivity index (χ3v) is 3.76. The quantitative estimate of drug-likeness (QED) is 0.772. The summed E-state index contributed by atoms with van der Waals surface area (Å²) in [6.07, 6.45) is 0.0290. The predicted octanol–water partition coefficient (Wildman–Crippen LogP) is 4.19. The molecule has 1 aromatic heterocycles. The highest BCUT2D eigenvalue weighted by molar-refractivity contribution is 6.31. The number of amides is 1. The maximum Gasteiger partial charge on any atom is 0.257 e. The Kier molecular flexibility index (Phi) is 4.62. The van der Waals surface area contributed by atoms with Crippen molar-refractivity contribution in [3.05, 3.63) is 64.4 Å². The Bertz CT molecular complexity index is 889. The van der Waals surface area contributed by atoms with Crippen molar-refractivity contribution >= 4 is 23.2 Å². The van der Waals surface area contributed by atoms with E-state index >= 15 is 0 Å². The Balaban J connectivity index is 1.70. The maximum absolute atomic E-state index is 12.2. The normalized spacial score (nSPS) is 10.6. The van der Waals surface area contributed by atoms with Gasteiger partial charge in [0, 0.05) is 16.3 Å². The lowest BCUT2D eigenvalue weighted by Gasteiger charge is -2.07. The predicted molar refractivity (Wildman–Crippen MR) is 93.0 cm³/mol. The molecule has 3 aromatic rings. The number of anilines is 1. The summed E-state index contributed by atoms with van der Waals surface area (Å²) in [4.78, 5) is 16.4. The molecule has 0 spiro atoms. The van der Waals surface area contributed by atoms with Crippen LogP contribution in [0.3, 0.4) is 0 Å². The molecule has 0 aliphatic carbocycles. The molecule has 0 radical (unpaired) electrons. The SMILES string of the molecule is Cc1cccc(-c2nc(CC(=O)Nc3cc(Cl)ccc3C)no2)c1. The zero-order valence-corrected chi connectivity index (χ0v) is 14.1. The van der Waals surface area contributed by atoms with Crippen LogP contribution >= 0.6 is 11.6 Å². The highest BCUT2D eigenvalue weighted by Gasteiger charge is 2.13. The number of hydrogen-bond donors (Lipinski definition) is 1. The van der Waals surface area contributed by atoms with Crippen molar-refractivity contribution in [2.75, 3.05) is 5.32 Å². The van der Waals surface area contributed by atoms with E-state index in [2.05, 4.69) is 15.5 Å². The molecule has 24 heavy (non-hydrogen) atoms. The van der Waals surface area contributed by atoms with Crippen molar-refractivity contribution < 1.29 is 9.32 Å². The number of aryl methyl sites for hydroxylation is 2. The highest BCUT2D eigenvalue weighted by Crippen LogP contribution is 2.21. The topological polar surface area (TPSA) is 68.0 Å². The number of aromatic nitrogens is 2. The number of carbonyl (C=O) groups excluding carboxylic acids is 1. The van der Waals surface area contributed by atoms with Gasteiger partial charge in [-0.15, -0.1) is 0 Å². The van der Waals surface area contributed by atoms with Gasteiger partial charge in [-0.05, 0) is 43.7 Å². The summed E-state index contributed by atoms with van der Waals surface area (Å²) < 4.78 is 5.24. The summed E-state index contributed by atoms with van der Waals surface area (Å²) in [6.45, 7) is 3.89. The second kappa shape index (κ2) is 6.84. The van der Waals surface area contributed by atoms with Crippen LogP contribution in [0.25, 0.3) is 11.5 Å². The number of nitrogens with zero attached hydrogens (tertiary/aromatic N) is 2. The number of hydrogen-bond acceptors (Lipinski definition) is 4. The molecular formula is C18H16ClN3O2. The van der Waals surface area contributed by atoms with E-state index in [1.807, 2.05) is 44.2 Å². The van der Waals surface area contributed by atoms with E-state index in [0.717, 1.165) is 16.7 Å². The van der Waals surface area contributed by atoms with Crippen molar-refractivity contribution in [3.8, 4) is 11.5 Å². The van der Waals surface area contributed by atoms with Crippen molar-refractivity contribution in [2.24, 2.45) is 0 Å². The minimum absolute atomic E-state index is 0.0290. The molecule has 0 aliphatic rings. The average Bonchev–Trinajstić information content (AvgIpc) is 2.99. The number of carbonyl (C=O) groups is 1. The van der Waals surface area contributed by atoms with Gasteiger partial charge in [0.25, 0.3) is 5.89 Å². The molecule has 0 aliphatic heterocycles. The lowest BCUT2D eigenvalue weighted by atomic mass is 10.1. The molecule has 1 amide bonds. The number of benzene rings is 2. The molecule has 1 N–H and O–H groups in total. The summed E-state index contributed by atoms with van der Waals surface area (Å²) in [5, 5.41) is 7.25. The second-order valence-corrected chi connectivity index (χ2v) is 6.01. The van der Waals surface area contributed by atoms with Crippen LogP contribution in [0, 0.1) is 13.8 Å². The minimum Gasteiger partial charge on any atom is -0.334 e. The van der Waals surface area contributed by atoms with Crippen LogP contribution in [-0.4, -0.2) is 16.0 Å². The van der Waals surface area contributed by atoms with Gasteiger partial charge >= 0.3 is 0 Å². The Hall–Kier alpha value is -2.66. The molecule has 0 fully saturated rings. The Morgan fingerprint density at radius 2 is 2.04 bits per heavy atom. The van der Waals surface area contributed by atoms with Crippen LogP contribution in [0.15, 0.2) is 47.0 Å². The molecule has 3 rings (SSSR count). The maximum atomic E-state index is 12.2. The molecule has 0 bridgehead atoms. The second-order valence-electron chi connectivity index (χ2n) is 5.57. The average molecular weight is 342 g/mol. The molecule has 5 nitrogen and oxygen atoms in total. The van der Waals surface area contributed by atoms with E-state index in [1.165, 1.54) is 0 Å². The Morgan fingerprint density at radius 1 is 1.21 bits per heavy atom. The smallest absolute Gasteiger partial charge is 0.257 e. The van der Waals surface area contributed by atoms with Gasteiger partial charge in [0.15, 0.2) is 5.82 Å². The van der Waals surface area contributed by atoms with E-state index in [4.69, 9.17) is 16.1 Å². The summed E-state index contributed by atoms with van der Waals surface area (Å²) in [5.74, 6) is 0.515. The van der Waals surface area contributed by atoms with Crippen LogP contribution in [0.2, 0.25) is 5.02 Å². The zero-order valence-electron chi connectivity index (χ0n) is 13.3. The molecule has 0 saturated heterocycles.